The molecule has 1 aromatic rings. The summed E-state index contributed by atoms with van der Waals surface area (Å²) < 4.78 is 11.0. The van der Waals surface area contributed by atoms with Crippen molar-refractivity contribution in [3.63, 3.8) is 0 Å². The Bertz CT molecular complexity index is 391. The molecule has 2 rings (SSSR count). The molecule has 2 nitrogen and oxygen atoms in total. The van der Waals surface area contributed by atoms with E-state index in [-0.39, 0.29) is 4.83 Å². The van der Waals surface area contributed by atoms with Crippen molar-refractivity contribution in [1.29, 1.82) is 0 Å². The zero-order chi connectivity index (χ0) is 13.0. The van der Waals surface area contributed by atoms with E-state index in [1.165, 1.54) is 12.8 Å². The minimum Gasteiger partial charge on any atom is -0.496 e. The number of benzene rings is 1. The van der Waals surface area contributed by atoms with Crippen molar-refractivity contribution < 1.29 is 9.47 Å². The normalized spacial score (nSPS) is 20.9. The van der Waals surface area contributed by atoms with Gasteiger partial charge < -0.3 is 9.47 Å². The summed E-state index contributed by atoms with van der Waals surface area (Å²) in [6, 6.07) is 5.73. The lowest BCUT2D eigenvalue weighted by atomic mass is 10.0. The highest BCUT2D eigenvalue weighted by molar-refractivity contribution is 9.09. The molecule has 2 unspecified atom stereocenters. The van der Waals surface area contributed by atoms with Gasteiger partial charge in [0.15, 0.2) is 0 Å². The molecule has 100 valence electrons. The van der Waals surface area contributed by atoms with E-state index >= 15 is 0 Å². The predicted molar refractivity (Wildman–Crippen MR) is 77.9 cm³/mol. The molecule has 0 aromatic heterocycles. The van der Waals surface area contributed by atoms with Crippen molar-refractivity contribution in [3.8, 4) is 5.75 Å². The molecule has 0 radical (unpaired) electrons. The summed E-state index contributed by atoms with van der Waals surface area (Å²) in [6.07, 6.45) is 4.91. The van der Waals surface area contributed by atoms with Gasteiger partial charge in [-0.05, 0) is 43.9 Å². The third kappa shape index (κ3) is 3.62. The van der Waals surface area contributed by atoms with Crippen LogP contribution >= 0.6 is 27.5 Å². The Morgan fingerprint density at radius 1 is 1.56 bits per heavy atom. The topological polar surface area (TPSA) is 18.5 Å². The van der Waals surface area contributed by atoms with Crippen LogP contribution in [0, 0.1) is 0 Å². The molecule has 2 atom stereocenters. The summed E-state index contributed by atoms with van der Waals surface area (Å²) in [7, 11) is 1.69. The second-order valence-electron chi connectivity index (χ2n) is 4.57. The Labute approximate surface area is 122 Å². The fourth-order valence-corrected chi connectivity index (χ4v) is 3.11. The molecule has 1 saturated heterocycles. The summed E-state index contributed by atoms with van der Waals surface area (Å²) in [5.41, 5.74) is 1.11. The summed E-state index contributed by atoms with van der Waals surface area (Å²) in [5, 5.41) is 0.743. The van der Waals surface area contributed by atoms with Gasteiger partial charge in [0.25, 0.3) is 0 Å². The molecule has 0 bridgehead atoms. The van der Waals surface area contributed by atoms with E-state index in [0.29, 0.717) is 6.10 Å². The number of halogens is 2. The lowest BCUT2D eigenvalue weighted by Gasteiger charge is -2.16. The first-order valence-electron chi connectivity index (χ1n) is 6.30. The van der Waals surface area contributed by atoms with Gasteiger partial charge in [-0.3, -0.25) is 0 Å². The molecule has 0 aliphatic carbocycles. The predicted octanol–water partition coefficient (Wildman–Crippen LogP) is 4.74. The van der Waals surface area contributed by atoms with E-state index in [0.717, 1.165) is 35.8 Å². The first kappa shape index (κ1) is 14.2. The lowest BCUT2D eigenvalue weighted by molar-refractivity contribution is 0.102. The Kier molecular flexibility index (Phi) is 5.34. The molecule has 0 N–H and O–H groups in total. The summed E-state index contributed by atoms with van der Waals surface area (Å²) in [6.45, 7) is 0.915. The number of methoxy groups -OCH3 is 1. The molecule has 1 heterocycles. The molecule has 0 amide bonds. The van der Waals surface area contributed by atoms with Crippen LogP contribution in [-0.2, 0) is 4.74 Å². The highest BCUT2D eigenvalue weighted by atomic mass is 79.9. The van der Waals surface area contributed by atoms with Crippen LogP contribution in [0.4, 0.5) is 0 Å². The molecule has 0 saturated carbocycles. The van der Waals surface area contributed by atoms with Gasteiger partial charge in [0, 0.05) is 22.0 Å². The maximum Gasteiger partial charge on any atom is 0.123 e. The third-order valence-corrected chi connectivity index (χ3v) is 4.48. The molecule has 18 heavy (non-hydrogen) atoms. The minimum absolute atomic E-state index is 0.260. The number of rotatable bonds is 5. The van der Waals surface area contributed by atoms with Crippen molar-refractivity contribution in [1.82, 2.24) is 0 Å². The molecular weight excluding hydrogens is 316 g/mol. The van der Waals surface area contributed by atoms with Crippen LogP contribution in [0.2, 0.25) is 5.02 Å². The Hall–Kier alpha value is -0.250. The molecule has 1 aliphatic heterocycles. The van der Waals surface area contributed by atoms with Gasteiger partial charge in [-0.1, -0.05) is 27.5 Å². The highest BCUT2D eigenvalue weighted by Gasteiger charge is 2.19. The smallest absolute Gasteiger partial charge is 0.123 e. The van der Waals surface area contributed by atoms with E-state index in [9.17, 15) is 0 Å². The van der Waals surface area contributed by atoms with E-state index in [2.05, 4.69) is 15.9 Å². The highest BCUT2D eigenvalue weighted by Crippen LogP contribution is 2.37. The largest absolute Gasteiger partial charge is 0.496 e. The van der Waals surface area contributed by atoms with Gasteiger partial charge in [-0.2, -0.15) is 0 Å². The standard InChI is InChI=1S/C14H18BrClO2/c1-17-14-7-4-10(16)9-12(14)13(15)6-5-11-3-2-8-18-11/h4,7,9,11,13H,2-3,5-6,8H2,1H3. The van der Waals surface area contributed by atoms with Crippen molar-refractivity contribution >= 4 is 27.5 Å². The average molecular weight is 334 g/mol. The monoisotopic (exact) mass is 332 g/mol. The SMILES string of the molecule is COc1ccc(Cl)cc1C(Br)CCC1CCCO1. The quantitative estimate of drug-likeness (QED) is 0.724. The second-order valence-corrected chi connectivity index (χ2v) is 6.11. The molecule has 1 aliphatic rings. The molecular formula is C14H18BrClO2. The zero-order valence-electron chi connectivity index (χ0n) is 10.5. The maximum atomic E-state index is 6.04. The van der Waals surface area contributed by atoms with Crippen LogP contribution < -0.4 is 4.74 Å². The number of alkyl halides is 1. The summed E-state index contributed by atoms with van der Waals surface area (Å²) >= 11 is 9.77. The van der Waals surface area contributed by atoms with Crippen LogP contribution in [0.3, 0.4) is 0 Å². The van der Waals surface area contributed by atoms with Crippen LogP contribution in [0.5, 0.6) is 5.75 Å². The van der Waals surface area contributed by atoms with Gasteiger partial charge in [0.2, 0.25) is 0 Å². The van der Waals surface area contributed by atoms with Crippen molar-refractivity contribution in [3.05, 3.63) is 28.8 Å². The fraction of sp³-hybridized carbons (Fsp3) is 0.571. The van der Waals surface area contributed by atoms with E-state index in [1.54, 1.807) is 7.11 Å². The second kappa shape index (κ2) is 6.78. The van der Waals surface area contributed by atoms with Crippen LogP contribution in [-0.4, -0.2) is 19.8 Å². The molecule has 0 spiro atoms. The van der Waals surface area contributed by atoms with Crippen molar-refractivity contribution in [2.75, 3.05) is 13.7 Å². The van der Waals surface area contributed by atoms with Gasteiger partial charge in [-0.25, -0.2) is 0 Å². The first-order chi connectivity index (χ1) is 8.70. The van der Waals surface area contributed by atoms with Crippen molar-refractivity contribution in [2.45, 2.75) is 36.6 Å². The van der Waals surface area contributed by atoms with Crippen LogP contribution in [0.1, 0.15) is 36.1 Å². The van der Waals surface area contributed by atoms with Crippen LogP contribution in [0.25, 0.3) is 0 Å². The van der Waals surface area contributed by atoms with E-state index < -0.39 is 0 Å². The molecule has 1 fully saturated rings. The molecule has 1 aromatic carbocycles. The lowest BCUT2D eigenvalue weighted by Crippen LogP contribution is -2.06. The number of ether oxygens (including phenoxy) is 2. The van der Waals surface area contributed by atoms with Crippen molar-refractivity contribution in [2.24, 2.45) is 0 Å². The van der Waals surface area contributed by atoms with Gasteiger partial charge >= 0.3 is 0 Å². The van der Waals surface area contributed by atoms with Gasteiger partial charge in [-0.15, -0.1) is 0 Å². The Morgan fingerprint density at radius 2 is 2.39 bits per heavy atom. The summed E-state index contributed by atoms with van der Waals surface area (Å²) in [4.78, 5) is 0.260. The Balaban J connectivity index is 1.98. The maximum absolute atomic E-state index is 6.04. The minimum atomic E-state index is 0.260. The van der Waals surface area contributed by atoms with Gasteiger partial charge in [0.05, 0.1) is 13.2 Å². The zero-order valence-corrected chi connectivity index (χ0v) is 12.8. The first-order valence-corrected chi connectivity index (χ1v) is 7.59. The molecule has 4 heteroatoms. The fourth-order valence-electron chi connectivity index (χ4n) is 2.31. The van der Waals surface area contributed by atoms with E-state index in [1.807, 2.05) is 18.2 Å². The van der Waals surface area contributed by atoms with Crippen LogP contribution in [0.15, 0.2) is 18.2 Å². The number of hydrogen-bond acceptors (Lipinski definition) is 2. The summed E-state index contributed by atoms with van der Waals surface area (Å²) in [5.74, 6) is 0.883. The van der Waals surface area contributed by atoms with E-state index in [4.69, 9.17) is 21.1 Å². The number of hydrogen-bond donors (Lipinski definition) is 0. The Morgan fingerprint density at radius 3 is 3.06 bits per heavy atom. The third-order valence-electron chi connectivity index (χ3n) is 3.30. The van der Waals surface area contributed by atoms with Gasteiger partial charge in [0.1, 0.15) is 5.75 Å². The average Bonchev–Trinajstić information content (AvgIpc) is 2.89.